The van der Waals surface area contributed by atoms with Gasteiger partial charge in [-0.2, -0.15) is 0 Å². The minimum Gasteiger partial charge on any atom is -0.348 e. The molecule has 1 amide bonds. The van der Waals surface area contributed by atoms with Gasteiger partial charge in [0.15, 0.2) is 0 Å². The van der Waals surface area contributed by atoms with Crippen LogP contribution < -0.4 is 10.6 Å². The summed E-state index contributed by atoms with van der Waals surface area (Å²) in [6.45, 7) is 0. The van der Waals surface area contributed by atoms with E-state index in [9.17, 15) is 4.79 Å². The molecule has 1 aromatic carbocycles. The van der Waals surface area contributed by atoms with Crippen molar-refractivity contribution in [2.75, 3.05) is 0 Å². The van der Waals surface area contributed by atoms with Crippen LogP contribution in [0.2, 0.25) is 0 Å². The average molecular weight is 267 g/mol. The highest BCUT2D eigenvalue weighted by Crippen LogP contribution is 2.28. The molecule has 4 heteroatoms. The molecule has 2 fully saturated rings. The molecule has 2 aliphatic rings. The summed E-state index contributed by atoms with van der Waals surface area (Å²) in [5.74, 6) is -0.0115. The van der Waals surface area contributed by atoms with Gasteiger partial charge >= 0.3 is 0 Å². The molecule has 4 nitrogen and oxygen atoms in total. The van der Waals surface area contributed by atoms with Gasteiger partial charge in [0, 0.05) is 29.7 Å². The molecule has 0 saturated carbocycles. The third kappa shape index (κ3) is 1.96. The van der Waals surface area contributed by atoms with E-state index in [4.69, 9.17) is 0 Å². The Hall–Kier alpha value is -1.94. The number of rotatable bonds is 2. The van der Waals surface area contributed by atoms with Gasteiger partial charge in [0.05, 0.1) is 11.1 Å². The number of amides is 1. The third-order valence-corrected chi connectivity index (χ3v) is 4.47. The fraction of sp³-hybridized carbons (Fsp3) is 0.375. The first-order valence-electron chi connectivity index (χ1n) is 7.21. The molecule has 0 radical (unpaired) electrons. The van der Waals surface area contributed by atoms with Crippen LogP contribution in [-0.2, 0) is 0 Å². The number of carbonyl (C=O) groups excluding carboxylic acids is 1. The fourth-order valence-electron chi connectivity index (χ4n) is 3.43. The van der Waals surface area contributed by atoms with E-state index in [-0.39, 0.29) is 11.9 Å². The summed E-state index contributed by atoms with van der Waals surface area (Å²) in [5.41, 5.74) is 1.57. The van der Waals surface area contributed by atoms with Crippen LogP contribution in [0, 0.1) is 0 Å². The number of benzene rings is 1. The molecular formula is C16H17N3O. The molecule has 2 aromatic rings. The quantitative estimate of drug-likeness (QED) is 0.873. The van der Waals surface area contributed by atoms with Crippen LogP contribution in [0.25, 0.3) is 10.9 Å². The van der Waals surface area contributed by atoms with Crippen molar-refractivity contribution in [3.05, 3.63) is 42.1 Å². The van der Waals surface area contributed by atoms with E-state index < -0.39 is 0 Å². The third-order valence-electron chi connectivity index (χ3n) is 4.47. The fourth-order valence-corrected chi connectivity index (χ4v) is 3.43. The van der Waals surface area contributed by atoms with E-state index >= 15 is 0 Å². The van der Waals surface area contributed by atoms with E-state index in [2.05, 4.69) is 15.6 Å². The van der Waals surface area contributed by atoms with Gasteiger partial charge in [-0.1, -0.05) is 18.2 Å². The monoisotopic (exact) mass is 267 g/mol. The van der Waals surface area contributed by atoms with Crippen LogP contribution in [0.15, 0.2) is 36.5 Å². The van der Waals surface area contributed by atoms with Crippen LogP contribution in [0.3, 0.4) is 0 Å². The molecule has 2 aliphatic heterocycles. The predicted molar refractivity (Wildman–Crippen MR) is 77.6 cm³/mol. The van der Waals surface area contributed by atoms with Crippen molar-refractivity contribution < 1.29 is 4.79 Å². The first kappa shape index (κ1) is 11.9. The number of carbonyl (C=O) groups is 1. The minimum atomic E-state index is -0.0115. The molecule has 20 heavy (non-hydrogen) atoms. The molecule has 2 bridgehead atoms. The lowest BCUT2D eigenvalue weighted by atomic mass is 9.95. The maximum Gasteiger partial charge on any atom is 0.253 e. The van der Waals surface area contributed by atoms with Gasteiger partial charge in [-0.05, 0) is 31.4 Å². The van der Waals surface area contributed by atoms with E-state index in [0.717, 1.165) is 17.3 Å². The van der Waals surface area contributed by atoms with Crippen molar-refractivity contribution in [2.45, 2.75) is 37.4 Å². The largest absolute Gasteiger partial charge is 0.348 e. The van der Waals surface area contributed by atoms with Crippen molar-refractivity contribution in [1.82, 2.24) is 15.6 Å². The van der Waals surface area contributed by atoms with Gasteiger partial charge in [0.1, 0.15) is 0 Å². The molecule has 2 saturated heterocycles. The zero-order valence-corrected chi connectivity index (χ0v) is 11.2. The predicted octanol–water partition coefficient (Wildman–Crippen LogP) is 1.86. The number of hydrogen-bond acceptors (Lipinski definition) is 3. The lowest BCUT2D eigenvalue weighted by molar-refractivity contribution is 0.0931. The molecule has 102 valence electrons. The normalized spacial score (nSPS) is 27.9. The number of para-hydroxylation sites is 1. The topological polar surface area (TPSA) is 54.0 Å². The van der Waals surface area contributed by atoms with E-state index in [1.807, 2.05) is 30.3 Å². The van der Waals surface area contributed by atoms with Crippen LogP contribution in [0.5, 0.6) is 0 Å². The smallest absolute Gasteiger partial charge is 0.253 e. The van der Waals surface area contributed by atoms with Crippen molar-refractivity contribution >= 4 is 16.8 Å². The minimum absolute atomic E-state index is 0.0115. The van der Waals surface area contributed by atoms with Crippen LogP contribution >= 0.6 is 0 Å². The molecule has 3 heterocycles. The van der Waals surface area contributed by atoms with Gasteiger partial charge in [0.2, 0.25) is 0 Å². The Kier molecular flexibility index (Phi) is 2.70. The van der Waals surface area contributed by atoms with E-state index in [1.165, 1.54) is 12.8 Å². The highest BCUT2D eigenvalue weighted by atomic mass is 16.1. The summed E-state index contributed by atoms with van der Waals surface area (Å²) in [7, 11) is 0. The second-order valence-electron chi connectivity index (χ2n) is 5.78. The highest BCUT2D eigenvalue weighted by Gasteiger charge is 2.39. The molecule has 0 unspecified atom stereocenters. The lowest BCUT2D eigenvalue weighted by Crippen LogP contribution is -2.42. The first-order chi connectivity index (χ1) is 9.79. The first-order valence-corrected chi connectivity index (χ1v) is 7.21. The number of pyridine rings is 1. The molecule has 0 aliphatic carbocycles. The lowest BCUT2D eigenvalue weighted by Gasteiger charge is -2.21. The van der Waals surface area contributed by atoms with Gasteiger partial charge < -0.3 is 10.6 Å². The van der Waals surface area contributed by atoms with E-state index in [1.54, 1.807) is 6.20 Å². The Labute approximate surface area is 117 Å². The summed E-state index contributed by atoms with van der Waals surface area (Å²) in [6.07, 6.45) is 5.13. The second kappa shape index (κ2) is 4.56. The Balaban J connectivity index is 1.54. The van der Waals surface area contributed by atoms with E-state index in [0.29, 0.717) is 17.6 Å². The zero-order chi connectivity index (χ0) is 13.5. The Bertz CT molecular complexity index is 670. The van der Waals surface area contributed by atoms with Gasteiger partial charge in [0.25, 0.3) is 5.91 Å². The standard InChI is InChI=1S/C16H17N3O/c20-16(19-15-8-12-5-6-14(15)18-12)11-7-10-3-1-2-4-13(10)17-9-11/h1-4,7,9,12,14-15,18H,5-6,8H2,(H,19,20)/t12-,14+,15-/m1/s1. The summed E-state index contributed by atoms with van der Waals surface area (Å²) in [4.78, 5) is 16.7. The summed E-state index contributed by atoms with van der Waals surface area (Å²) >= 11 is 0. The molecule has 1 aromatic heterocycles. The van der Waals surface area contributed by atoms with Crippen molar-refractivity contribution in [2.24, 2.45) is 0 Å². The van der Waals surface area contributed by atoms with Crippen LogP contribution in [0.4, 0.5) is 0 Å². The Morgan fingerprint density at radius 1 is 1.30 bits per heavy atom. The van der Waals surface area contributed by atoms with Crippen molar-refractivity contribution in [1.29, 1.82) is 0 Å². The maximum absolute atomic E-state index is 12.3. The van der Waals surface area contributed by atoms with Crippen molar-refractivity contribution in [3.8, 4) is 0 Å². The Morgan fingerprint density at radius 3 is 3.00 bits per heavy atom. The number of aromatic nitrogens is 1. The molecule has 2 N–H and O–H groups in total. The zero-order valence-electron chi connectivity index (χ0n) is 11.2. The highest BCUT2D eigenvalue weighted by molar-refractivity contribution is 5.97. The second-order valence-corrected chi connectivity index (χ2v) is 5.78. The number of nitrogens with zero attached hydrogens (tertiary/aromatic N) is 1. The number of nitrogens with one attached hydrogen (secondary N) is 2. The number of fused-ring (bicyclic) bond motifs is 3. The molecular weight excluding hydrogens is 250 g/mol. The summed E-state index contributed by atoms with van der Waals surface area (Å²) < 4.78 is 0. The van der Waals surface area contributed by atoms with Crippen LogP contribution in [-0.4, -0.2) is 29.0 Å². The molecule has 0 spiro atoms. The average Bonchev–Trinajstić information content (AvgIpc) is 3.09. The SMILES string of the molecule is O=C(N[C@@H]1C[C@H]2CC[C@@H]1N2)c1cnc2ccccc2c1. The molecule has 4 rings (SSSR count). The molecule has 3 atom stereocenters. The Morgan fingerprint density at radius 2 is 2.20 bits per heavy atom. The van der Waals surface area contributed by atoms with Gasteiger partial charge in [-0.25, -0.2) is 0 Å². The van der Waals surface area contributed by atoms with Gasteiger partial charge in [-0.15, -0.1) is 0 Å². The summed E-state index contributed by atoms with van der Waals surface area (Å²) in [6, 6.07) is 11.1. The maximum atomic E-state index is 12.3. The summed E-state index contributed by atoms with van der Waals surface area (Å²) in [5, 5.41) is 7.69. The van der Waals surface area contributed by atoms with Crippen molar-refractivity contribution in [3.63, 3.8) is 0 Å². The number of hydrogen-bond donors (Lipinski definition) is 2. The van der Waals surface area contributed by atoms with Crippen LogP contribution in [0.1, 0.15) is 29.6 Å². The van der Waals surface area contributed by atoms with Gasteiger partial charge in [-0.3, -0.25) is 9.78 Å².